The second kappa shape index (κ2) is 1.69. The smallest absolute Gasteiger partial charge is 0.000359 e. The van der Waals surface area contributed by atoms with Gasteiger partial charge in [0, 0.05) is 11.5 Å². The zero-order chi connectivity index (χ0) is 4.41. The van der Waals surface area contributed by atoms with E-state index in [0.29, 0.717) is 0 Å². The van der Waals surface area contributed by atoms with Gasteiger partial charge in [0.1, 0.15) is 0 Å². The lowest BCUT2D eigenvalue weighted by molar-refractivity contribution is 0.817. The molecule has 0 nitrogen and oxygen atoms in total. The average Bonchev–Trinajstić information content (AvgIpc) is 1.31. The van der Waals surface area contributed by atoms with Gasteiger partial charge in [0.25, 0.3) is 0 Å². The normalized spacial score (nSPS) is 22.7. The molecule has 1 aliphatic heterocycles. The first-order valence-corrected chi connectivity index (χ1v) is 3.29. The van der Waals surface area contributed by atoms with Crippen LogP contribution in [0.5, 0.6) is 0 Å². The van der Waals surface area contributed by atoms with Gasteiger partial charge in [-0.05, 0) is 5.92 Å². The van der Waals surface area contributed by atoms with Crippen molar-refractivity contribution in [3.05, 3.63) is 12.7 Å². The molecule has 0 spiro atoms. The van der Waals surface area contributed by atoms with E-state index in [1.807, 2.05) is 17.8 Å². The molecular formula is C5H8S. The summed E-state index contributed by atoms with van der Waals surface area (Å²) in [5.41, 5.74) is 0. The van der Waals surface area contributed by atoms with Crippen LogP contribution >= 0.6 is 11.8 Å². The van der Waals surface area contributed by atoms with Gasteiger partial charge in [-0.2, -0.15) is 11.8 Å². The molecule has 34 valence electrons. The lowest BCUT2D eigenvalue weighted by Gasteiger charge is -2.19. The third-order valence-electron chi connectivity index (χ3n) is 0.997. The molecular weight excluding hydrogens is 92.1 g/mol. The fourth-order valence-corrected chi connectivity index (χ4v) is 1.17. The van der Waals surface area contributed by atoms with Crippen molar-refractivity contribution in [2.75, 3.05) is 11.5 Å². The molecule has 1 fully saturated rings. The van der Waals surface area contributed by atoms with Gasteiger partial charge in [0.2, 0.25) is 0 Å². The number of allylic oxidation sites excluding steroid dienone is 1. The van der Waals surface area contributed by atoms with E-state index in [1.54, 1.807) is 0 Å². The van der Waals surface area contributed by atoms with Crippen LogP contribution in [-0.4, -0.2) is 11.5 Å². The summed E-state index contributed by atoms with van der Waals surface area (Å²) in [5.74, 6) is 3.46. The summed E-state index contributed by atoms with van der Waals surface area (Å²) in [7, 11) is 0. The number of hydrogen-bond donors (Lipinski definition) is 0. The van der Waals surface area contributed by atoms with Crippen molar-refractivity contribution >= 4 is 11.8 Å². The molecule has 0 aliphatic carbocycles. The van der Waals surface area contributed by atoms with Crippen LogP contribution in [0.3, 0.4) is 0 Å². The minimum Gasteiger partial charge on any atom is -0.161 e. The standard InChI is InChI=1S/C5H8S/c1-2-5-3-6-4-5/h2,5H,1,3-4H2. The quantitative estimate of drug-likeness (QED) is 0.450. The van der Waals surface area contributed by atoms with Gasteiger partial charge >= 0.3 is 0 Å². The Morgan fingerprint density at radius 1 is 1.67 bits per heavy atom. The molecule has 0 aromatic carbocycles. The highest BCUT2D eigenvalue weighted by Gasteiger charge is 2.12. The molecule has 6 heavy (non-hydrogen) atoms. The molecule has 0 aromatic heterocycles. The van der Waals surface area contributed by atoms with E-state index < -0.39 is 0 Å². The summed E-state index contributed by atoms with van der Waals surface area (Å²) in [5, 5.41) is 0. The van der Waals surface area contributed by atoms with Gasteiger partial charge in [-0.25, -0.2) is 0 Å². The van der Waals surface area contributed by atoms with Crippen LogP contribution in [0.25, 0.3) is 0 Å². The second-order valence-electron chi connectivity index (χ2n) is 1.53. The summed E-state index contributed by atoms with van der Waals surface area (Å²) < 4.78 is 0. The predicted octanol–water partition coefficient (Wildman–Crippen LogP) is 1.54. The van der Waals surface area contributed by atoms with Crippen molar-refractivity contribution < 1.29 is 0 Å². The molecule has 0 amide bonds. The van der Waals surface area contributed by atoms with Crippen LogP contribution in [-0.2, 0) is 0 Å². The van der Waals surface area contributed by atoms with E-state index in [-0.39, 0.29) is 0 Å². The van der Waals surface area contributed by atoms with E-state index in [9.17, 15) is 0 Å². The largest absolute Gasteiger partial charge is 0.161 e. The fourth-order valence-electron chi connectivity index (χ4n) is 0.390. The van der Waals surface area contributed by atoms with Crippen molar-refractivity contribution in [1.82, 2.24) is 0 Å². The summed E-state index contributed by atoms with van der Waals surface area (Å²) in [6.07, 6.45) is 2.04. The van der Waals surface area contributed by atoms with Crippen LogP contribution in [0.1, 0.15) is 0 Å². The second-order valence-corrected chi connectivity index (χ2v) is 2.61. The molecule has 1 aliphatic rings. The first-order chi connectivity index (χ1) is 2.93. The van der Waals surface area contributed by atoms with Gasteiger partial charge in [-0.15, -0.1) is 6.58 Å². The Morgan fingerprint density at radius 3 is 2.33 bits per heavy atom. The van der Waals surface area contributed by atoms with Gasteiger partial charge in [0.15, 0.2) is 0 Å². The summed E-state index contributed by atoms with van der Waals surface area (Å²) in [6, 6.07) is 0. The van der Waals surface area contributed by atoms with Gasteiger partial charge < -0.3 is 0 Å². The van der Waals surface area contributed by atoms with Crippen molar-refractivity contribution in [1.29, 1.82) is 0 Å². The lowest BCUT2D eigenvalue weighted by Crippen LogP contribution is -2.13. The first-order valence-electron chi connectivity index (χ1n) is 2.14. The molecule has 1 heteroatoms. The maximum atomic E-state index is 3.67. The molecule has 0 atom stereocenters. The fraction of sp³-hybridized carbons (Fsp3) is 0.600. The lowest BCUT2D eigenvalue weighted by atomic mass is 10.2. The summed E-state index contributed by atoms with van der Waals surface area (Å²) in [6.45, 7) is 3.67. The number of rotatable bonds is 1. The monoisotopic (exact) mass is 100 g/mol. The van der Waals surface area contributed by atoms with E-state index >= 15 is 0 Å². The molecule has 1 heterocycles. The van der Waals surface area contributed by atoms with E-state index in [1.165, 1.54) is 11.5 Å². The molecule has 0 unspecified atom stereocenters. The van der Waals surface area contributed by atoms with E-state index in [0.717, 1.165) is 5.92 Å². The van der Waals surface area contributed by atoms with Gasteiger partial charge in [-0.3, -0.25) is 0 Å². The number of hydrogen-bond acceptors (Lipinski definition) is 1. The molecule has 0 radical (unpaired) electrons. The summed E-state index contributed by atoms with van der Waals surface area (Å²) in [4.78, 5) is 0. The average molecular weight is 100 g/mol. The third-order valence-corrected chi connectivity index (χ3v) is 2.32. The Hall–Kier alpha value is 0.0900. The maximum absolute atomic E-state index is 3.67. The Labute approximate surface area is 42.6 Å². The van der Waals surface area contributed by atoms with Crippen molar-refractivity contribution in [3.63, 3.8) is 0 Å². The molecule has 0 N–H and O–H groups in total. The minimum atomic E-state index is 0.843. The van der Waals surface area contributed by atoms with Crippen LogP contribution < -0.4 is 0 Å². The zero-order valence-corrected chi connectivity index (χ0v) is 4.50. The van der Waals surface area contributed by atoms with Crippen LogP contribution in [0, 0.1) is 5.92 Å². The van der Waals surface area contributed by atoms with Crippen molar-refractivity contribution in [2.45, 2.75) is 0 Å². The molecule has 1 saturated heterocycles. The Balaban J connectivity index is 2.16. The molecule has 1 rings (SSSR count). The molecule has 0 bridgehead atoms. The van der Waals surface area contributed by atoms with Gasteiger partial charge in [0.05, 0.1) is 0 Å². The summed E-state index contributed by atoms with van der Waals surface area (Å²) >= 11 is 2.00. The van der Waals surface area contributed by atoms with E-state index in [4.69, 9.17) is 0 Å². The van der Waals surface area contributed by atoms with Crippen molar-refractivity contribution in [3.8, 4) is 0 Å². The zero-order valence-electron chi connectivity index (χ0n) is 3.68. The highest BCUT2D eigenvalue weighted by atomic mass is 32.2. The predicted molar refractivity (Wildman–Crippen MR) is 31.0 cm³/mol. The van der Waals surface area contributed by atoms with Gasteiger partial charge in [-0.1, -0.05) is 6.08 Å². The molecule has 0 aromatic rings. The Kier molecular flexibility index (Phi) is 1.20. The van der Waals surface area contributed by atoms with Crippen LogP contribution in [0.4, 0.5) is 0 Å². The minimum absolute atomic E-state index is 0.843. The van der Waals surface area contributed by atoms with E-state index in [2.05, 4.69) is 6.58 Å². The topological polar surface area (TPSA) is 0 Å². The Morgan fingerprint density at radius 2 is 2.33 bits per heavy atom. The maximum Gasteiger partial charge on any atom is 0.000359 e. The SMILES string of the molecule is C=CC1CSC1. The Bertz CT molecular complexity index is 55.0. The molecule has 0 saturated carbocycles. The highest BCUT2D eigenvalue weighted by Crippen LogP contribution is 2.24. The number of thioether (sulfide) groups is 1. The van der Waals surface area contributed by atoms with Crippen LogP contribution in [0.15, 0.2) is 12.7 Å². The highest BCUT2D eigenvalue weighted by molar-refractivity contribution is 8.00. The third kappa shape index (κ3) is 0.597. The first kappa shape index (κ1) is 4.25. The van der Waals surface area contributed by atoms with Crippen molar-refractivity contribution in [2.24, 2.45) is 5.92 Å². The van der Waals surface area contributed by atoms with Crippen LogP contribution in [0.2, 0.25) is 0 Å².